The van der Waals surface area contributed by atoms with E-state index in [0.717, 1.165) is 0 Å². The van der Waals surface area contributed by atoms with Gasteiger partial charge in [0, 0.05) is 19.5 Å². The van der Waals surface area contributed by atoms with Crippen LogP contribution in [0.2, 0.25) is 0 Å². The molecule has 0 unspecified atom stereocenters. The highest BCUT2D eigenvalue weighted by Gasteiger charge is 2.38. The predicted molar refractivity (Wildman–Crippen MR) is 200 cm³/mol. The zero-order valence-corrected chi connectivity index (χ0v) is 30.7. The number of carbonyl (C=O) groups is 6. The number of carbonyl (C=O) groups excluding carboxylic acids is 6. The number of phenols is 2. The van der Waals surface area contributed by atoms with E-state index in [4.69, 9.17) is 22.9 Å². The molecule has 1 aliphatic rings. The Bertz CT molecular complexity index is 1650. The van der Waals surface area contributed by atoms with Crippen LogP contribution in [0, 0.1) is 5.92 Å². The fourth-order valence-corrected chi connectivity index (χ4v) is 6.20. The van der Waals surface area contributed by atoms with Crippen molar-refractivity contribution in [3.8, 4) is 11.5 Å². The van der Waals surface area contributed by atoms with Crippen molar-refractivity contribution in [3.05, 3.63) is 59.7 Å². The highest BCUT2D eigenvalue weighted by atomic mass is 16.3. The van der Waals surface area contributed by atoms with Crippen LogP contribution in [0.3, 0.4) is 0 Å². The van der Waals surface area contributed by atoms with Crippen LogP contribution >= 0.6 is 0 Å². The van der Waals surface area contributed by atoms with Crippen LogP contribution in [0.25, 0.3) is 0 Å². The number of hydrogen-bond donors (Lipinski definition) is 9. The summed E-state index contributed by atoms with van der Waals surface area (Å²) in [5.74, 6) is -4.03. The summed E-state index contributed by atoms with van der Waals surface area (Å²) in [6.07, 6.45) is 0.964. The zero-order chi connectivity index (χ0) is 39.9. The van der Waals surface area contributed by atoms with Gasteiger partial charge in [-0.15, -0.1) is 0 Å². The van der Waals surface area contributed by atoms with Crippen LogP contribution in [0.1, 0.15) is 63.5 Å². The molecular weight excluding hydrogens is 698 g/mol. The molecule has 294 valence electrons. The van der Waals surface area contributed by atoms with Gasteiger partial charge in [0.05, 0.1) is 18.5 Å². The number of nitrogens with two attached hydrogens (primary N) is 4. The second kappa shape index (κ2) is 20.5. The molecule has 17 nitrogen and oxygen atoms in total. The zero-order valence-electron chi connectivity index (χ0n) is 30.7. The molecule has 2 aromatic rings. The van der Waals surface area contributed by atoms with E-state index in [0.29, 0.717) is 24.0 Å². The van der Waals surface area contributed by atoms with Gasteiger partial charge in [0.25, 0.3) is 0 Å². The van der Waals surface area contributed by atoms with Gasteiger partial charge in [-0.3, -0.25) is 33.8 Å². The summed E-state index contributed by atoms with van der Waals surface area (Å²) in [4.78, 5) is 84.7. The molecule has 5 atom stereocenters. The van der Waals surface area contributed by atoms with Crippen molar-refractivity contribution >= 4 is 41.3 Å². The third-order valence-corrected chi connectivity index (χ3v) is 8.89. The van der Waals surface area contributed by atoms with Crippen molar-refractivity contribution < 1.29 is 39.0 Å². The lowest BCUT2D eigenvalue weighted by atomic mass is 9.99. The van der Waals surface area contributed by atoms with Gasteiger partial charge in [0.2, 0.25) is 29.5 Å². The van der Waals surface area contributed by atoms with E-state index in [1.807, 2.05) is 13.8 Å². The number of phenolic OH excluding ortho intramolecular Hbond substituents is 2. The number of aliphatic imine (C=N–C) groups is 1. The Balaban J connectivity index is 1.84. The van der Waals surface area contributed by atoms with Gasteiger partial charge in [-0.1, -0.05) is 38.1 Å². The maximum absolute atomic E-state index is 14.0. The van der Waals surface area contributed by atoms with Crippen LogP contribution in [0.4, 0.5) is 0 Å². The number of ketones is 1. The number of likely N-dealkylation sites (tertiary alicyclic amines) is 1. The van der Waals surface area contributed by atoms with E-state index in [1.165, 1.54) is 29.2 Å². The van der Waals surface area contributed by atoms with Crippen LogP contribution in [-0.2, 0) is 41.6 Å². The first-order valence-corrected chi connectivity index (χ1v) is 17.9. The molecule has 5 amide bonds. The average molecular weight is 752 g/mol. The molecule has 1 fully saturated rings. The summed E-state index contributed by atoms with van der Waals surface area (Å²) in [5.41, 5.74) is 23.6. The van der Waals surface area contributed by atoms with Crippen LogP contribution < -0.4 is 38.9 Å². The molecule has 1 heterocycles. The lowest BCUT2D eigenvalue weighted by Gasteiger charge is -2.30. The van der Waals surface area contributed by atoms with Crippen molar-refractivity contribution in [2.45, 2.75) is 95.4 Å². The topological polar surface area (TPSA) is 299 Å². The van der Waals surface area contributed by atoms with Gasteiger partial charge < -0.3 is 54.0 Å². The lowest BCUT2D eigenvalue weighted by Crippen LogP contribution is -2.59. The molecule has 3 rings (SSSR count). The number of aromatic hydroxyl groups is 2. The maximum atomic E-state index is 14.0. The number of benzene rings is 2. The first-order valence-electron chi connectivity index (χ1n) is 17.9. The highest BCUT2D eigenvalue weighted by molar-refractivity contribution is 6.02. The predicted octanol–water partition coefficient (Wildman–Crippen LogP) is -0.800. The van der Waals surface area contributed by atoms with E-state index >= 15 is 0 Å². The number of nitrogens with one attached hydrogen (secondary N) is 3. The highest BCUT2D eigenvalue weighted by Crippen LogP contribution is 2.22. The standard InChI is InChI=1S/C37H53N9O8/c1-21(2)17-28(34(52)43-27(5-3-15-42-37(40)41)36(54)46-16-4-6-30(46)31(49)20-32(39)50)45-35(53)29(19-23-9-13-25(48)14-10-23)44-33(51)26(38)18-22-7-11-24(47)12-8-22/h7-14,21,26-30,47-48H,3-6,15-20,38H2,1-2H3,(H2,39,50)(H,43,52)(H,44,51)(H,45,53)(H4,40,41,42)/t26-,27-,28-,29+,30-/m0/s1. The minimum absolute atomic E-state index is 0.00765. The normalized spacial score (nSPS) is 16.1. The van der Waals surface area contributed by atoms with Gasteiger partial charge in [-0.25, -0.2) is 0 Å². The van der Waals surface area contributed by atoms with Crippen molar-refractivity contribution in [1.29, 1.82) is 0 Å². The van der Waals surface area contributed by atoms with E-state index in [2.05, 4.69) is 20.9 Å². The molecule has 0 aliphatic carbocycles. The number of rotatable bonds is 20. The second-order valence-electron chi connectivity index (χ2n) is 13.9. The van der Waals surface area contributed by atoms with Gasteiger partial charge in [-0.2, -0.15) is 0 Å². The first-order chi connectivity index (χ1) is 25.5. The molecule has 2 aromatic carbocycles. The SMILES string of the molecule is CC(C)C[C@H](NC(=O)[C@@H](Cc1ccc(O)cc1)NC(=O)[C@@H](N)Cc1ccc(O)cc1)C(=O)N[C@@H](CCCN=C(N)N)C(=O)N1CCC[C@H]1C(=O)CC(N)=O. The van der Waals surface area contributed by atoms with Gasteiger partial charge in [0.1, 0.15) is 29.6 Å². The van der Waals surface area contributed by atoms with Crippen LogP contribution in [-0.4, -0.2) is 99.7 Å². The number of primary amides is 1. The van der Waals surface area contributed by atoms with E-state index in [9.17, 15) is 39.0 Å². The Hall–Kier alpha value is -5.71. The van der Waals surface area contributed by atoms with Gasteiger partial charge in [-0.05, 0) is 79.8 Å². The molecule has 0 aromatic heterocycles. The summed E-state index contributed by atoms with van der Waals surface area (Å²) in [6, 6.07) is 6.83. The lowest BCUT2D eigenvalue weighted by molar-refractivity contribution is -0.142. The van der Waals surface area contributed by atoms with Crippen molar-refractivity contribution in [1.82, 2.24) is 20.9 Å². The average Bonchev–Trinajstić information content (AvgIpc) is 3.60. The molecule has 0 spiro atoms. The number of amides is 5. The van der Waals surface area contributed by atoms with Crippen molar-refractivity contribution in [2.24, 2.45) is 33.8 Å². The Kier molecular flexibility index (Phi) is 16.2. The van der Waals surface area contributed by atoms with Crippen LogP contribution in [0.5, 0.6) is 11.5 Å². The largest absolute Gasteiger partial charge is 0.508 e. The van der Waals surface area contributed by atoms with Gasteiger partial charge >= 0.3 is 0 Å². The molecule has 0 radical (unpaired) electrons. The summed E-state index contributed by atoms with van der Waals surface area (Å²) >= 11 is 0. The van der Waals surface area contributed by atoms with E-state index < -0.39 is 71.9 Å². The summed E-state index contributed by atoms with van der Waals surface area (Å²) < 4.78 is 0. The number of hydrogen-bond acceptors (Lipinski definition) is 10. The van der Waals surface area contributed by atoms with Crippen LogP contribution in [0.15, 0.2) is 53.5 Å². The smallest absolute Gasteiger partial charge is 0.245 e. The molecule has 13 N–H and O–H groups in total. The monoisotopic (exact) mass is 751 g/mol. The minimum Gasteiger partial charge on any atom is -0.508 e. The third kappa shape index (κ3) is 13.7. The summed E-state index contributed by atoms with van der Waals surface area (Å²) in [7, 11) is 0. The fourth-order valence-electron chi connectivity index (χ4n) is 6.20. The molecule has 0 bridgehead atoms. The first kappa shape index (κ1) is 42.7. The number of guanidine groups is 1. The molecule has 1 aliphatic heterocycles. The number of nitrogens with zero attached hydrogens (tertiary/aromatic N) is 2. The molecule has 17 heteroatoms. The molecular formula is C37H53N9O8. The second-order valence-corrected chi connectivity index (χ2v) is 13.9. The van der Waals surface area contributed by atoms with Crippen molar-refractivity contribution in [2.75, 3.05) is 13.1 Å². The Morgan fingerprint density at radius 3 is 1.89 bits per heavy atom. The molecule has 54 heavy (non-hydrogen) atoms. The number of Topliss-reactive ketones (excluding diaryl/α,β-unsaturated/α-hetero) is 1. The Morgan fingerprint density at radius 2 is 1.33 bits per heavy atom. The quantitative estimate of drug-likeness (QED) is 0.0349. The van der Waals surface area contributed by atoms with E-state index in [-0.39, 0.29) is 68.6 Å². The van der Waals surface area contributed by atoms with Gasteiger partial charge in [0.15, 0.2) is 11.7 Å². The van der Waals surface area contributed by atoms with Crippen molar-refractivity contribution in [3.63, 3.8) is 0 Å². The minimum atomic E-state index is -1.20. The Morgan fingerprint density at radius 1 is 0.796 bits per heavy atom. The third-order valence-electron chi connectivity index (χ3n) is 8.89. The Labute approximate surface area is 314 Å². The maximum Gasteiger partial charge on any atom is 0.245 e. The molecule has 1 saturated heterocycles. The summed E-state index contributed by atoms with van der Waals surface area (Å²) in [6.45, 7) is 4.09. The summed E-state index contributed by atoms with van der Waals surface area (Å²) in [5, 5.41) is 27.6. The molecule has 0 saturated carbocycles. The fraction of sp³-hybridized carbons (Fsp3) is 0.486. The van der Waals surface area contributed by atoms with E-state index in [1.54, 1.807) is 24.3 Å².